The number of aromatic nitrogens is 3. The van der Waals surface area contributed by atoms with Gasteiger partial charge in [-0.05, 0) is 19.3 Å². The molecule has 1 aromatic heterocycles. The first-order chi connectivity index (χ1) is 11.2. The topological polar surface area (TPSA) is 71.8 Å². The van der Waals surface area contributed by atoms with E-state index >= 15 is 0 Å². The Morgan fingerprint density at radius 3 is 2.67 bits per heavy atom. The van der Waals surface area contributed by atoms with Crippen molar-refractivity contribution in [3.63, 3.8) is 0 Å². The van der Waals surface area contributed by atoms with Crippen molar-refractivity contribution in [3.05, 3.63) is 11.6 Å². The molecule has 0 bridgehead atoms. The van der Waals surface area contributed by atoms with Crippen LogP contribution in [0.15, 0.2) is 0 Å². The molecule has 1 aliphatic rings. The number of amides is 1. The van der Waals surface area contributed by atoms with E-state index in [1.165, 1.54) is 4.57 Å². The minimum absolute atomic E-state index is 0.0447. The number of carbonyl (C=O) groups is 1. The molecule has 2 N–H and O–H groups in total. The van der Waals surface area contributed by atoms with Crippen LogP contribution in [0.1, 0.15) is 38.8 Å². The molecule has 136 valence electrons. The molecule has 1 aromatic rings. The largest absolute Gasteiger partial charge is 0.393 e. The lowest BCUT2D eigenvalue weighted by Gasteiger charge is -2.26. The number of aryl methyl sites for hydroxylation is 1. The second-order valence-corrected chi connectivity index (χ2v) is 6.66. The number of halogens is 3. The first-order valence-corrected chi connectivity index (χ1v) is 8.17. The van der Waals surface area contributed by atoms with E-state index in [4.69, 9.17) is 0 Å². The normalized spacial score (nSPS) is 19.2. The van der Waals surface area contributed by atoms with E-state index < -0.39 is 18.1 Å². The number of carbonyl (C=O) groups excluding carboxylic acids is 1. The van der Waals surface area contributed by atoms with Crippen LogP contribution >= 0.6 is 0 Å². The van der Waals surface area contributed by atoms with Crippen molar-refractivity contribution >= 4 is 5.91 Å². The van der Waals surface area contributed by atoms with Gasteiger partial charge in [-0.1, -0.05) is 13.8 Å². The third-order valence-electron chi connectivity index (χ3n) is 4.13. The van der Waals surface area contributed by atoms with E-state index in [1.54, 1.807) is 6.92 Å². The Kier molecular flexibility index (Phi) is 5.84. The van der Waals surface area contributed by atoms with Crippen molar-refractivity contribution in [2.45, 2.75) is 58.9 Å². The molecule has 0 fully saturated rings. The van der Waals surface area contributed by atoms with E-state index in [-0.39, 0.29) is 31.8 Å². The first-order valence-electron chi connectivity index (χ1n) is 8.17. The Morgan fingerprint density at radius 2 is 2.04 bits per heavy atom. The summed E-state index contributed by atoms with van der Waals surface area (Å²) in [6.07, 6.45) is -3.90. The minimum atomic E-state index is -4.21. The number of rotatable bonds is 6. The van der Waals surface area contributed by atoms with Crippen molar-refractivity contribution in [1.82, 2.24) is 25.4 Å². The third kappa shape index (κ3) is 4.68. The van der Waals surface area contributed by atoms with Gasteiger partial charge in [0.1, 0.15) is 11.6 Å². The molecule has 24 heavy (non-hydrogen) atoms. The number of nitrogens with one attached hydrogen (secondary N) is 2. The smallest absolute Gasteiger partial charge is 0.354 e. The summed E-state index contributed by atoms with van der Waals surface area (Å²) in [5.41, 5.74) is 0. The van der Waals surface area contributed by atoms with E-state index in [1.807, 2.05) is 13.8 Å². The Bertz CT molecular complexity index is 570. The highest BCUT2D eigenvalue weighted by Crippen LogP contribution is 2.34. The van der Waals surface area contributed by atoms with Crippen LogP contribution in [0.4, 0.5) is 13.2 Å². The summed E-state index contributed by atoms with van der Waals surface area (Å²) in [6, 6.07) is -0.460. The molecule has 0 radical (unpaired) electrons. The average Bonchev–Trinajstić information content (AvgIpc) is 2.91. The van der Waals surface area contributed by atoms with Gasteiger partial charge in [0.15, 0.2) is 0 Å². The zero-order chi connectivity index (χ0) is 17.9. The van der Waals surface area contributed by atoms with E-state index in [0.717, 1.165) is 0 Å². The highest BCUT2D eigenvalue weighted by molar-refractivity contribution is 5.81. The Balaban J connectivity index is 1.93. The fourth-order valence-electron chi connectivity index (χ4n) is 2.58. The standard InChI is InChI=1S/C15H24F3N5O/c1-9(2)6-20-14(24)10(3)19-7-13-22-21-12-5-4-11(8-23(12)13)15(16,17)18/h9-11,19H,4-8H2,1-3H3,(H,20,24)/t10-,11-/m0/s1. The van der Waals surface area contributed by atoms with Gasteiger partial charge in [0, 0.05) is 19.5 Å². The van der Waals surface area contributed by atoms with Crippen molar-refractivity contribution in [2.24, 2.45) is 11.8 Å². The van der Waals surface area contributed by atoms with Crippen LogP contribution < -0.4 is 10.6 Å². The van der Waals surface area contributed by atoms with Crippen LogP contribution in [0, 0.1) is 11.8 Å². The Labute approximate surface area is 139 Å². The van der Waals surface area contributed by atoms with Gasteiger partial charge in [0.25, 0.3) is 0 Å². The molecule has 0 saturated carbocycles. The number of fused-ring (bicyclic) bond motifs is 1. The summed E-state index contributed by atoms with van der Waals surface area (Å²) in [7, 11) is 0. The van der Waals surface area contributed by atoms with Gasteiger partial charge in [-0.2, -0.15) is 13.2 Å². The fourth-order valence-corrected chi connectivity index (χ4v) is 2.58. The number of hydrogen-bond donors (Lipinski definition) is 2. The van der Waals surface area contributed by atoms with Gasteiger partial charge in [0.05, 0.1) is 18.5 Å². The zero-order valence-electron chi connectivity index (χ0n) is 14.2. The van der Waals surface area contributed by atoms with Crippen LogP contribution in [0.5, 0.6) is 0 Å². The molecular weight excluding hydrogens is 323 g/mol. The molecule has 0 aromatic carbocycles. The van der Waals surface area contributed by atoms with E-state index in [9.17, 15) is 18.0 Å². The Morgan fingerprint density at radius 1 is 1.33 bits per heavy atom. The van der Waals surface area contributed by atoms with Crippen molar-refractivity contribution in [3.8, 4) is 0 Å². The van der Waals surface area contributed by atoms with Gasteiger partial charge < -0.3 is 9.88 Å². The maximum absolute atomic E-state index is 12.9. The summed E-state index contributed by atoms with van der Waals surface area (Å²) in [6.45, 7) is 6.33. The molecule has 1 amide bonds. The maximum Gasteiger partial charge on any atom is 0.393 e. The van der Waals surface area contributed by atoms with Gasteiger partial charge in [0.2, 0.25) is 5.91 Å². The lowest BCUT2D eigenvalue weighted by atomic mass is 9.99. The molecule has 6 nitrogen and oxygen atoms in total. The monoisotopic (exact) mass is 347 g/mol. The lowest BCUT2D eigenvalue weighted by molar-refractivity contribution is -0.182. The molecule has 2 heterocycles. The molecule has 0 unspecified atom stereocenters. The first kappa shape index (κ1) is 18.7. The third-order valence-corrected chi connectivity index (χ3v) is 4.13. The number of alkyl halides is 3. The summed E-state index contributed by atoms with van der Waals surface area (Å²) in [5, 5.41) is 13.7. The van der Waals surface area contributed by atoms with Crippen molar-refractivity contribution in [1.29, 1.82) is 0 Å². The second-order valence-electron chi connectivity index (χ2n) is 6.66. The quantitative estimate of drug-likeness (QED) is 0.821. The van der Waals surface area contributed by atoms with E-state index in [0.29, 0.717) is 24.1 Å². The molecule has 0 aliphatic carbocycles. The summed E-state index contributed by atoms with van der Waals surface area (Å²) >= 11 is 0. The molecule has 2 atom stereocenters. The molecule has 0 saturated heterocycles. The fraction of sp³-hybridized carbons (Fsp3) is 0.800. The van der Waals surface area contributed by atoms with Crippen LogP contribution in [-0.4, -0.2) is 39.4 Å². The van der Waals surface area contributed by atoms with Crippen LogP contribution in [0.3, 0.4) is 0 Å². The maximum atomic E-state index is 12.9. The van der Waals surface area contributed by atoms with Crippen LogP contribution in [0.25, 0.3) is 0 Å². The molecular formula is C15H24F3N5O. The van der Waals surface area contributed by atoms with Crippen LogP contribution in [-0.2, 0) is 24.3 Å². The predicted octanol–water partition coefficient (Wildman–Crippen LogP) is 1.65. The number of hydrogen-bond acceptors (Lipinski definition) is 4. The van der Waals surface area contributed by atoms with Gasteiger partial charge in [-0.25, -0.2) is 0 Å². The Hall–Kier alpha value is -1.64. The summed E-state index contributed by atoms with van der Waals surface area (Å²) < 4.78 is 40.3. The zero-order valence-corrected chi connectivity index (χ0v) is 14.2. The van der Waals surface area contributed by atoms with Gasteiger partial charge in [-0.3, -0.25) is 10.1 Å². The molecule has 9 heteroatoms. The number of nitrogens with zero attached hydrogens (tertiary/aromatic N) is 3. The average molecular weight is 347 g/mol. The lowest BCUT2D eigenvalue weighted by Crippen LogP contribution is -2.43. The van der Waals surface area contributed by atoms with Gasteiger partial charge in [-0.15, -0.1) is 10.2 Å². The van der Waals surface area contributed by atoms with Crippen molar-refractivity contribution < 1.29 is 18.0 Å². The molecule has 0 spiro atoms. The molecule has 2 rings (SSSR count). The summed E-state index contributed by atoms with van der Waals surface area (Å²) in [4.78, 5) is 11.9. The SMILES string of the molecule is CC(C)CNC(=O)[C@H](C)NCc1nnc2n1C[C@@H](C(F)(F)F)CC2. The van der Waals surface area contributed by atoms with Crippen molar-refractivity contribution in [2.75, 3.05) is 6.54 Å². The van der Waals surface area contributed by atoms with Gasteiger partial charge >= 0.3 is 6.18 Å². The second kappa shape index (κ2) is 7.50. The van der Waals surface area contributed by atoms with E-state index in [2.05, 4.69) is 20.8 Å². The highest BCUT2D eigenvalue weighted by atomic mass is 19.4. The molecule has 1 aliphatic heterocycles. The van der Waals surface area contributed by atoms with Crippen LogP contribution in [0.2, 0.25) is 0 Å². The highest BCUT2D eigenvalue weighted by Gasteiger charge is 2.42. The summed E-state index contributed by atoms with van der Waals surface area (Å²) in [5.74, 6) is -0.155. The predicted molar refractivity (Wildman–Crippen MR) is 82.0 cm³/mol. The minimum Gasteiger partial charge on any atom is -0.354 e.